The first kappa shape index (κ1) is 31.9. The fourth-order valence-corrected chi connectivity index (χ4v) is 14.9. The average molecular weight is 587 g/mol. The van der Waals surface area contributed by atoms with Gasteiger partial charge in [0.05, 0.1) is 23.0 Å². The molecular weight excluding hydrogens is 545 g/mol. The zero-order chi connectivity index (χ0) is 27.7. The second-order valence-electron chi connectivity index (χ2n) is 10.7. The Bertz CT molecular complexity index is 1100. The van der Waals surface area contributed by atoms with E-state index in [4.69, 9.17) is 12.5 Å². The van der Waals surface area contributed by atoms with Gasteiger partial charge in [0.1, 0.15) is 0 Å². The van der Waals surface area contributed by atoms with Crippen LogP contribution in [-0.2, 0) is 32.7 Å². The van der Waals surface area contributed by atoms with Crippen molar-refractivity contribution in [2.45, 2.75) is 87.6 Å². The molecule has 11 heteroatoms. The van der Waals surface area contributed by atoms with E-state index < -0.39 is 36.9 Å². The van der Waals surface area contributed by atoms with Crippen molar-refractivity contribution in [1.29, 1.82) is 0 Å². The fraction of sp³-hybridized carbons (Fsp3) is 0.538. The lowest BCUT2D eigenvalue weighted by atomic mass is 10.2. The van der Waals surface area contributed by atoms with Gasteiger partial charge in [0, 0.05) is 0 Å². The summed E-state index contributed by atoms with van der Waals surface area (Å²) in [5.41, 5.74) is 1.99. The first-order valence-corrected chi connectivity index (χ1v) is 21.8. The average Bonchev–Trinajstić information content (AvgIpc) is 2.78. The van der Waals surface area contributed by atoms with Gasteiger partial charge in [0.25, 0.3) is 20.2 Å². The van der Waals surface area contributed by atoms with Gasteiger partial charge in [-0.3, -0.25) is 8.37 Å². The van der Waals surface area contributed by atoms with Crippen LogP contribution in [0.15, 0.2) is 58.3 Å². The van der Waals surface area contributed by atoms with E-state index in [2.05, 4.69) is 26.2 Å². The van der Waals surface area contributed by atoms with Gasteiger partial charge in [-0.05, 0) is 89.2 Å². The Kier molecular flexibility index (Phi) is 11.7. The number of hydrogen-bond acceptors (Lipinski definition) is 7. The second-order valence-corrected chi connectivity index (χ2v) is 22.8. The van der Waals surface area contributed by atoms with Crippen molar-refractivity contribution in [3.05, 3.63) is 59.7 Å². The summed E-state index contributed by atoms with van der Waals surface area (Å²) in [6.45, 7) is 12.9. The third-order valence-corrected chi connectivity index (χ3v) is 16.2. The molecular formula is C26H42O7S2Si2. The van der Waals surface area contributed by atoms with Gasteiger partial charge in [-0.25, -0.2) is 0 Å². The van der Waals surface area contributed by atoms with Gasteiger partial charge >= 0.3 is 0 Å². The molecule has 0 atom stereocenters. The number of rotatable bonds is 16. The molecule has 0 amide bonds. The zero-order valence-electron chi connectivity index (χ0n) is 22.9. The predicted octanol–water partition coefficient (Wildman–Crippen LogP) is 6.40. The van der Waals surface area contributed by atoms with Crippen molar-refractivity contribution in [2.75, 3.05) is 13.2 Å². The maximum Gasteiger partial charge on any atom is 0.296 e. The highest BCUT2D eigenvalue weighted by Crippen LogP contribution is 2.25. The van der Waals surface area contributed by atoms with E-state index >= 15 is 0 Å². The summed E-state index contributed by atoms with van der Waals surface area (Å²) < 4.78 is 66.3. The van der Waals surface area contributed by atoms with E-state index in [1.807, 2.05) is 13.8 Å². The molecule has 0 unspecified atom stereocenters. The van der Waals surface area contributed by atoms with E-state index in [9.17, 15) is 16.8 Å². The molecule has 0 heterocycles. The molecule has 0 N–H and O–H groups in total. The minimum atomic E-state index is -3.72. The van der Waals surface area contributed by atoms with Crippen LogP contribution in [0.2, 0.25) is 38.3 Å². The monoisotopic (exact) mass is 586 g/mol. The van der Waals surface area contributed by atoms with E-state index in [-0.39, 0.29) is 23.0 Å². The normalized spacial score (nSPS) is 13.1. The standard InChI is InChI=1S/C26H42O7S2Si2/c1-23-11-15-25(16-12-23)34(27,28)31-19-7-9-21-36(3,4)33-37(5,6)22-10-8-20-32-35(29,30)26-17-13-24(2)14-18-26/h11-18H,7-10,19-22H2,1-6H3. The predicted molar refractivity (Wildman–Crippen MR) is 153 cm³/mol. The van der Waals surface area contributed by atoms with Gasteiger partial charge in [0.15, 0.2) is 16.6 Å². The number of aryl methyl sites for hydroxylation is 2. The largest absolute Gasteiger partial charge is 0.455 e. The van der Waals surface area contributed by atoms with Crippen LogP contribution in [0.25, 0.3) is 0 Å². The Morgan fingerprint density at radius 2 is 0.892 bits per heavy atom. The van der Waals surface area contributed by atoms with Crippen LogP contribution >= 0.6 is 0 Å². The highest BCUT2D eigenvalue weighted by atomic mass is 32.2. The van der Waals surface area contributed by atoms with E-state index in [1.165, 1.54) is 0 Å². The SMILES string of the molecule is Cc1ccc(S(=O)(=O)OCCCC[Si](C)(C)O[Si](C)(C)CCCCOS(=O)(=O)c2ccc(C)cc2)cc1. The molecule has 0 radical (unpaired) electrons. The minimum absolute atomic E-state index is 0.160. The molecule has 0 saturated carbocycles. The van der Waals surface area contributed by atoms with Gasteiger partial charge in [-0.15, -0.1) is 0 Å². The Hall–Kier alpha value is -1.35. The molecule has 208 valence electrons. The highest BCUT2D eigenvalue weighted by molar-refractivity contribution is 7.87. The van der Waals surface area contributed by atoms with Crippen LogP contribution in [0.1, 0.15) is 36.8 Å². The molecule has 2 rings (SSSR count). The lowest BCUT2D eigenvalue weighted by molar-refractivity contribution is 0.310. The Balaban J connectivity index is 1.67. The summed E-state index contributed by atoms with van der Waals surface area (Å²) >= 11 is 0. The molecule has 0 aliphatic heterocycles. The van der Waals surface area contributed by atoms with Crippen LogP contribution in [-0.4, -0.2) is 46.7 Å². The fourth-order valence-electron chi connectivity index (χ4n) is 4.04. The first-order chi connectivity index (χ1) is 17.1. The second kappa shape index (κ2) is 13.6. The van der Waals surface area contributed by atoms with Crippen LogP contribution in [0.4, 0.5) is 0 Å². The molecule has 2 aromatic rings. The molecule has 0 aliphatic rings. The summed E-state index contributed by atoms with van der Waals surface area (Å²) in [5, 5.41) is 0. The molecule has 0 bridgehead atoms. The Morgan fingerprint density at radius 1 is 0.568 bits per heavy atom. The third kappa shape index (κ3) is 11.5. The molecule has 0 spiro atoms. The number of hydrogen-bond donors (Lipinski definition) is 0. The molecule has 37 heavy (non-hydrogen) atoms. The lowest BCUT2D eigenvalue weighted by Crippen LogP contribution is -2.44. The van der Waals surface area contributed by atoms with E-state index in [0.717, 1.165) is 36.1 Å². The zero-order valence-corrected chi connectivity index (χ0v) is 26.6. The van der Waals surface area contributed by atoms with Crippen molar-refractivity contribution in [3.63, 3.8) is 0 Å². The van der Waals surface area contributed by atoms with Crippen LogP contribution in [0.3, 0.4) is 0 Å². The Labute approximate surface area is 226 Å². The molecule has 0 saturated heterocycles. The van der Waals surface area contributed by atoms with Crippen molar-refractivity contribution < 1.29 is 29.3 Å². The maximum absolute atomic E-state index is 12.3. The van der Waals surface area contributed by atoms with Crippen molar-refractivity contribution in [1.82, 2.24) is 0 Å². The Morgan fingerprint density at radius 3 is 1.22 bits per heavy atom. The van der Waals surface area contributed by atoms with Crippen LogP contribution < -0.4 is 0 Å². The summed E-state index contributed by atoms with van der Waals surface area (Å²) in [6, 6.07) is 15.1. The van der Waals surface area contributed by atoms with Crippen molar-refractivity contribution in [3.8, 4) is 0 Å². The maximum atomic E-state index is 12.3. The smallest absolute Gasteiger partial charge is 0.296 e. The highest BCUT2D eigenvalue weighted by Gasteiger charge is 2.32. The molecule has 0 aromatic heterocycles. The first-order valence-electron chi connectivity index (χ1n) is 12.7. The number of benzene rings is 2. The van der Waals surface area contributed by atoms with Gasteiger partial charge < -0.3 is 4.12 Å². The van der Waals surface area contributed by atoms with Crippen LogP contribution in [0, 0.1) is 13.8 Å². The molecule has 0 aliphatic carbocycles. The summed E-state index contributed by atoms with van der Waals surface area (Å²) in [4.78, 5) is 0.365. The van der Waals surface area contributed by atoms with E-state index in [0.29, 0.717) is 12.8 Å². The van der Waals surface area contributed by atoms with Crippen molar-refractivity contribution in [2.24, 2.45) is 0 Å². The molecule has 7 nitrogen and oxygen atoms in total. The summed E-state index contributed by atoms with van der Waals surface area (Å²) in [7, 11) is -11.3. The van der Waals surface area contributed by atoms with Crippen molar-refractivity contribution >= 4 is 36.9 Å². The van der Waals surface area contributed by atoms with E-state index in [1.54, 1.807) is 48.5 Å². The lowest BCUT2D eigenvalue weighted by Gasteiger charge is -2.34. The topological polar surface area (TPSA) is 96.0 Å². The summed E-state index contributed by atoms with van der Waals surface area (Å²) in [6.07, 6.45) is 3.00. The van der Waals surface area contributed by atoms with Gasteiger partial charge in [-0.2, -0.15) is 16.8 Å². The molecule has 0 fully saturated rings. The quantitative estimate of drug-likeness (QED) is 0.128. The summed E-state index contributed by atoms with van der Waals surface area (Å²) in [5.74, 6) is 0. The minimum Gasteiger partial charge on any atom is -0.455 e. The third-order valence-electron chi connectivity index (χ3n) is 6.00. The van der Waals surface area contributed by atoms with Crippen LogP contribution in [0.5, 0.6) is 0 Å². The molecule has 2 aromatic carbocycles. The number of unbranched alkanes of at least 4 members (excludes halogenated alkanes) is 2. The van der Waals surface area contributed by atoms with Gasteiger partial charge in [0.2, 0.25) is 0 Å². The van der Waals surface area contributed by atoms with Gasteiger partial charge in [-0.1, -0.05) is 48.2 Å².